The van der Waals surface area contributed by atoms with E-state index in [2.05, 4.69) is 15.1 Å². The molecular formula is C14H25N5O3S. The molecule has 2 atom stereocenters. The summed E-state index contributed by atoms with van der Waals surface area (Å²) in [5.41, 5.74) is 0.974. The van der Waals surface area contributed by atoms with Crippen molar-refractivity contribution >= 4 is 16.1 Å². The van der Waals surface area contributed by atoms with Crippen LogP contribution in [-0.2, 0) is 23.5 Å². The van der Waals surface area contributed by atoms with Crippen LogP contribution in [-0.4, -0.2) is 60.1 Å². The van der Waals surface area contributed by atoms with Gasteiger partial charge in [0, 0.05) is 31.9 Å². The molecule has 1 fully saturated rings. The maximum Gasteiger partial charge on any atom is 0.317 e. The van der Waals surface area contributed by atoms with Gasteiger partial charge in [0.25, 0.3) is 0 Å². The number of sulfonamides is 1. The second-order valence-electron chi connectivity index (χ2n) is 6.38. The molecule has 1 aliphatic rings. The van der Waals surface area contributed by atoms with Crippen LogP contribution in [0.3, 0.4) is 0 Å². The van der Waals surface area contributed by atoms with Crippen molar-refractivity contribution in [3.05, 3.63) is 18.0 Å². The molecule has 2 amide bonds. The topological polar surface area (TPSA) is 96.3 Å². The van der Waals surface area contributed by atoms with E-state index in [9.17, 15) is 13.2 Å². The molecule has 0 bridgehead atoms. The van der Waals surface area contributed by atoms with Crippen molar-refractivity contribution in [2.75, 3.05) is 12.8 Å². The van der Waals surface area contributed by atoms with Crippen LogP contribution in [0.1, 0.15) is 25.8 Å². The fourth-order valence-electron chi connectivity index (χ4n) is 2.92. The molecule has 23 heavy (non-hydrogen) atoms. The van der Waals surface area contributed by atoms with Crippen molar-refractivity contribution in [1.29, 1.82) is 0 Å². The van der Waals surface area contributed by atoms with Crippen LogP contribution in [0, 0.1) is 0 Å². The number of aromatic nitrogens is 2. The zero-order valence-corrected chi connectivity index (χ0v) is 14.8. The largest absolute Gasteiger partial charge is 0.336 e. The Morgan fingerprint density at radius 2 is 2.17 bits per heavy atom. The van der Waals surface area contributed by atoms with Gasteiger partial charge in [-0.15, -0.1) is 0 Å². The SMILES string of the molecule is CC(C)NC(=O)N1CC[C@H](NS(C)(=O)=O)[C@H]1Cc1cnn(C)c1. The molecule has 0 unspecified atom stereocenters. The van der Waals surface area contributed by atoms with Crippen LogP contribution >= 0.6 is 0 Å². The molecule has 0 aromatic carbocycles. The summed E-state index contributed by atoms with van der Waals surface area (Å²) in [6.45, 7) is 4.32. The number of hydrogen-bond donors (Lipinski definition) is 2. The average Bonchev–Trinajstić information content (AvgIpc) is 2.95. The predicted molar refractivity (Wildman–Crippen MR) is 87.5 cm³/mol. The van der Waals surface area contributed by atoms with Gasteiger partial charge >= 0.3 is 6.03 Å². The Balaban J connectivity index is 2.18. The fraction of sp³-hybridized carbons (Fsp3) is 0.714. The Labute approximate surface area is 137 Å². The molecule has 1 aromatic rings. The molecule has 1 aliphatic heterocycles. The van der Waals surface area contributed by atoms with E-state index in [1.807, 2.05) is 27.1 Å². The quantitative estimate of drug-likeness (QED) is 0.791. The van der Waals surface area contributed by atoms with Gasteiger partial charge in [0.1, 0.15) is 0 Å². The van der Waals surface area contributed by atoms with E-state index in [0.717, 1.165) is 11.8 Å². The normalized spacial score (nSPS) is 21.9. The van der Waals surface area contributed by atoms with Crippen molar-refractivity contribution in [3.63, 3.8) is 0 Å². The molecule has 0 radical (unpaired) electrons. The minimum atomic E-state index is -3.33. The van der Waals surface area contributed by atoms with Crippen LogP contribution < -0.4 is 10.0 Å². The molecule has 2 rings (SSSR count). The van der Waals surface area contributed by atoms with Crippen LogP contribution in [0.15, 0.2) is 12.4 Å². The highest BCUT2D eigenvalue weighted by Gasteiger charge is 2.38. The second-order valence-corrected chi connectivity index (χ2v) is 8.16. The molecule has 130 valence electrons. The van der Waals surface area contributed by atoms with E-state index >= 15 is 0 Å². The van der Waals surface area contributed by atoms with E-state index in [4.69, 9.17) is 0 Å². The Morgan fingerprint density at radius 3 is 2.70 bits per heavy atom. The Bertz CT molecular complexity index is 655. The summed E-state index contributed by atoms with van der Waals surface area (Å²) in [5, 5.41) is 7.01. The number of aryl methyl sites for hydroxylation is 1. The average molecular weight is 343 g/mol. The van der Waals surface area contributed by atoms with Gasteiger partial charge in [0.05, 0.1) is 18.5 Å². The summed E-state index contributed by atoms with van der Waals surface area (Å²) in [6, 6.07) is -0.647. The molecular weight excluding hydrogens is 318 g/mol. The molecule has 1 aromatic heterocycles. The molecule has 2 N–H and O–H groups in total. The van der Waals surface area contributed by atoms with E-state index in [-0.39, 0.29) is 24.2 Å². The van der Waals surface area contributed by atoms with E-state index in [0.29, 0.717) is 19.4 Å². The Hall–Kier alpha value is -1.61. The van der Waals surface area contributed by atoms with Gasteiger partial charge in [-0.1, -0.05) is 0 Å². The van der Waals surface area contributed by atoms with Gasteiger partial charge in [-0.05, 0) is 32.3 Å². The number of carbonyl (C=O) groups excluding carboxylic acids is 1. The lowest BCUT2D eigenvalue weighted by molar-refractivity contribution is 0.186. The van der Waals surface area contributed by atoms with Crippen LogP contribution in [0.2, 0.25) is 0 Å². The number of urea groups is 1. The lowest BCUT2D eigenvalue weighted by Gasteiger charge is -2.29. The summed E-state index contributed by atoms with van der Waals surface area (Å²) in [4.78, 5) is 14.1. The first kappa shape index (κ1) is 17.7. The summed E-state index contributed by atoms with van der Waals surface area (Å²) >= 11 is 0. The highest BCUT2D eigenvalue weighted by atomic mass is 32.2. The molecule has 0 saturated carbocycles. The molecule has 8 nitrogen and oxygen atoms in total. The number of hydrogen-bond acceptors (Lipinski definition) is 4. The van der Waals surface area contributed by atoms with Crippen molar-refractivity contribution in [2.24, 2.45) is 7.05 Å². The fourth-order valence-corrected chi connectivity index (χ4v) is 3.74. The third kappa shape index (κ3) is 4.93. The molecule has 0 aliphatic carbocycles. The maximum atomic E-state index is 12.4. The first-order chi connectivity index (χ1) is 10.7. The number of amides is 2. The predicted octanol–water partition coefficient (Wildman–Crippen LogP) is 0.0727. The number of carbonyl (C=O) groups is 1. The number of likely N-dealkylation sites (tertiary alicyclic amines) is 1. The van der Waals surface area contributed by atoms with Gasteiger partial charge in [-0.25, -0.2) is 17.9 Å². The van der Waals surface area contributed by atoms with Gasteiger partial charge in [-0.3, -0.25) is 4.68 Å². The number of nitrogens with zero attached hydrogens (tertiary/aromatic N) is 3. The van der Waals surface area contributed by atoms with E-state index < -0.39 is 10.0 Å². The second kappa shape index (κ2) is 6.88. The maximum absolute atomic E-state index is 12.4. The minimum Gasteiger partial charge on any atom is -0.336 e. The summed E-state index contributed by atoms with van der Waals surface area (Å²) in [6.07, 6.45) is 5.93. The highest BCUT2D eigenvalue weighted by Crippen LogP contribution is 2.22. The van der Waals surface area contributed by atoms with Gasteiger partial charge in [-0.2, -0.15) is 5.10 Å². The zero-order chi connectivity index (χ0) is 17.2. The van der Waals surface area contributed by atoms with Crippen LogP contribution in [0.5, 0.6) is 0 Å². The van der Waals surface area contributed by atoms with Gasteiger partial charge in [0.15, 0.2) is 0 Å². The molecule has 2 heterocycles. The standard InChI is InChI=1S/C14H25N5O3S/c1-10(2)16-14(20)19-6-5-12(17-23(4,21)22)13(19)7-11-8-15-18(3)9-11/h8-10,12-13,17H,5-7H2,1-4H3,(H,16,20)/t12-,13+/m0/s1. The highest BCUT2D eigenvalue weighted by molar-refractivity contribution is 7.88. The molecule has 1 saturated heterocycles. The molecule has 9 heteroatoms. The Kier molecular flexibility index (Phi) is 5.30. The summed E-state index contributed by atoms with van der Waals surface area (Å²) < 4.78 is 27.5. The summed E-state index contributed by atoms with van der Waals surface area (Å²) in [7, 11) is -1.50. The third-order valence-corrected chi connectivity index (χ3v) is 4.52. The zero-order valence-electron chi connectivity index (χ0n) is 14.0. The first-order valence-electron chi connectivity index (χ1n) is 7.67. The lowest BCUT2D eigenvalue weighted by atomic mass is 10.0. The third-order valence-electron chi connectivity index (χ3n) is 3.79. The summed E-state index contributed by atoms with van der Waals surface area (Å²) in [5.74, 6) is 0. The van der Waals surface area contributed by atoms with Crippen molar-refractivity contribution < 1.29 is 13.2 Å². The monoisotopic (exact) mass is 343 g/mol. The van der Waals surface area contributed by atoms with Crippen molar-refractivity contribution in [2.45, 2.75) is 44.8 Å². The lowest BCUT2D eigenvalue weighted by Crippen LogP contribution is -2.51. The minimum absolute atomic E-state index is 0.0310. The van der Waals surface area contributed by atoms with Crippen LogP contribution in [0.25, 0.3) is 0 Å². The Morgan fingerprint density at radius 1 is 1.48 bits per heavy atom. The van der Waals surface area contributed by atoms with Crippen molar-refractivity contribution in [1.82, 2.24) is 24.7 Å². The smallest absolute Gasteiger partial charge is 0.317 e. The molecule has 0 spiro atoms. The van der Waals surface area contributed by atoms with Gasteiger partial charge < -0.3 is 10.2 Å². The number of nitrogens with one attached hydrogen (secondary N) is 2. The number of rotatable bonds is 5. The first-order valence-corrected chi connectivity index (χ1v) is 9.57. The van der Waals surface area contributed by atoms with E-state index in [1.54, 1.807) is 15.8 Å². The van der Waals surface area contributed by atoms with Gasteiger partial charge in [0.2, 0.25) is 10.0 Å². The van der Waals surface area contributed by atoms with Crippen molar-refractivity contribution in [3.8, 4) is 0 Å². The van der Waals surface area contributed by atoms with Crippen LogP contribution in [0.4, 0.5) is 4.79 Å². The van der Waals surface area contributed by atoms with E-state index in [1.165, 1.54) is 0 Å².